The fraction of sp³-hybridized carbons (Fsp3) is 0.458. The molecular formula is C24H30N2O4S. The number of ether oxygens (including phenoxy) is 1. The van der Waals surface area contributed by atoms with Gasteiger partial charge in [0.25, 0.3) is 5.91 Å². The lowest BCUT2D eigenvalue weighted by atomic mass is 9.74. The Bertz CT molecular complexity index is 978. The summed E-state index contributed by atoms with van der Waals surface area (Å²) in [4.78, 5) is 12.8. The molecule has 2 aliphatic rings. The number of rotatable bonds is 7. The molecule has 1 N–H and O–H groups in total. The quantitative estimate of drug-likeness (QED) is 0.715. The first-order valence-corrected chi connectivity index (χ1v) is 12.6. The molecule has 7 heteroatoms. The standard InChI is InChI=1S/C24H30N2O4S/c27-23(25-19-24(12-16-30-17-13-24)22-6-2-1-3-7-22)21-10-8-20(9-11-21)18-31(28,29)26-14-4-5-15-26/h1-3,6-11H,4-5,12-19H2,(H,25,27). The summed E-state index contributed by atoms with van der Waals surface area (Å²) in [5, 5.41) is 3.10. The number of hydrogen-bond donors (Lipinski definition) is 1. The number of amides is 1. The minimum Gasteiger partial charge on any atom is -0.381 e. The number of nitrogens with one attached hydrogen (secondary N) is 1. The zero-order valence-corrected chi connectivity index (χ0v) is 18.6. The van der Waals surface area contributed by atoms with E-state index in [2.05, 4.69) is 17.4 Å². The summed E-state index contributed by atoms with van der Waals surface area (Å²) in [7, 11) is -3.29. The highest BCUT2D eigenvalue weighted by Gasteiger charge is 2.34. The van der Waals surface area contributed by atoms with Crippen molar-refractivity contribution in [3.63, 3.8) is 0 Å². The van der Waals surface area contributed by atoms with Crippen molar-refractivity contribution >= 4 is 15.9 Å². The Balaban J connectivity index is 1.40. The van der Waals surface area contributed by atoms with Crippen LogP contribution in [0.2, 0.25) is 0 Å². The maximum absolute atomic E-state index is 12.8. The molecule has 0 unspecified atom stereocenters. The summed E-state index contributed by atoms with van der Waals surface area (Å²) >= 11 is 0. The van der Waals surface area contributed by atoms with Crippen molar-refractivity contribution in [3.8, 4) is 0 Å². The Morgan fingerprint density at radius 3 is 2.26 bits per heavy atom. The van der Waals surface area contributed by atoms with Crippen molar-refractivity contribution in [2.45, 2.75) is 36.9 Å². The molecule has 31 heavy (non-hydrogen) atoms. The number of nitrogens with zero attached hydrogens (tertiary/aromatic N) is 1. The van der Waals surface area contributed by atoms with Crippen LogP contribution >= 0.6 is 0 Å². The molecule has 1 amide bonds. The third-order valence-corrected chi connectivity index (χ3v) is 8.30. The molecule has 0 aromatic heterocycles. The fourth-order valence-electron chi connectivity index (χ4n) is 4.49. The Kier molecular flexibility index (Phi) is 6.74. The molecule has 6 nitrogen and oxygen atoms in total. The Morgan fingerprint density at radius 1 is 0.968 bits per heavy atom. The summed E-state index contributed by atoms with van der Waals surface area (Å²) in [5.74, 6) is -0.165. The second kappa shape index (κ2) is 9.51. The van der Waals surface area contributed by atoms with E-state index in [1.54, 1.807) is 28.6 Å². The maximum Gasteiger partial charge on any atom is 0.251 e. The number of benzene rings is 2. The van der Waals surface area contributed by atoms with E-state index >= 15 is 0 Å². The first kappa shape index (κ1) is 22.0. The van der Waals surface area contributed by atoms with Crippen molar-refractivity contribution in [3.05, 3.63) is 71.3 Å². The van der Waals surface area contributed by atoms with E-state index in [4.69, 9.17) is 4.74 Å². The zero-order valence-electron chi connectivity index (χ0n) is 17.8. The molecule has 0 aliphatic carbocycles. The third kappa shape index (κ3) is 5.17. The van der Waals surface area contributed by atoms with E-state index in [1.807, 2.05) is 18.2 Å². The largest absolute Gasteiger partial charge is 0.381 e. The van der Waals surface area contributed by atoms with Crippen LogP contribution < -0.4 is 5.32 Å². The molecule has 166 valence electrons. The van der Waals surface area contributed by atoms with Gasteiger partial charge in [-0.25, -0.2) is 12.7 Å². The highest BCUT2D eigenvalue weighted by atomic mass is 32.2. The molecule has 0 atom stereocenters. The van der Waals surface area contributed by atoms with Crippen LogP contribution in [0.4, 0.5) is 0 Å². The summed E-state index contributed by atoms with van der Waals surface area (Å²) in [6.07, 6.45) is 3.58. The van der Waals surface area contributed by atoms with Crippen LogP contribution in [0.25, 0.3) is 0 Å². The van der Waals surface area contributed by atoms with Crippen molar-refractivity contribution < 1.29 is 17.9 Å². The Morgan fingerprint density at radius 2 is 1.61 bits per heavy atom. The van der Waals surface area contributed by atoms with E-state index in [9.17, 15) is 13.2 Å². The lowest BCUT2D eigenvalue weighted by Gasteiger charge is -2.38. The van der Waals surface area contributed by atoms with Crippen molar-refractivity contribution in [2.24, 2.45) is 0 Å². The van der Waals surface area contributed by atoms with E-state index in [-0.39, 0.29) is 17.1 Å². The van der Waals surface area contributed by atoms with Gasteiger partial charge in [-0.2, -0.15) is 0 Å². The van der Waals surface area contributed by atoms with Crippen LogP contribution in [0, 0.1) is 0 Å². The molecule has 2 saturated heterocycles. The molecule has 0 radical (unpaired) electrons. The van der Waals surface area contributed by atoms with Crippen LogP contribution in [0.1, 0.15) is 47.2 Å². The molecule has 2 aliphatic heterocycles. The highest BCUT2D eigenvalue weighted by molar-refractivity contribution is 7.88. The van der Waals surface area contributed by atoms with E-state index < -0.39 is 10.0 Å². The van der Waals surface area contributed by atoms with Crippen LogP contribution in [-0.2, 0) is 25.9 Å². The van der Waals surface area contributed by atoms with Crippen LogP contribution in [-0.4, -0.2) is 51.5 Å². The predicted octanol–water partition coefficient (Wildman–Crippen LogP) is 3.09. The van der Waals surface area contributed by atoms with Gasteiger partial charge in [0.05, 0.1) is 5.75 Å². The first-order valence-electron chi connectivity index (χ1n) is 11.0. The van der Waals surface area contributed by atoms with Crippen LogP contribution in [0.15, 0.2) is 54.6 Å². The van der Waals surface area contributed by atoms with E-state index in [0.29, 0.717) is 44.0 Å². The predicted molar refractivity (Wildman–Crippen MR) is 120 cm³/mol. The average Bonchev–Trinajstić information content (AvgIpc) is 3.35. The Hall–Kier alpha value is -2.22. The first-order chi connectivity index (χ1) is 15.0. The van der Waals surface area contributed by atoms with Gasteiger partial charge in [0.2, 0.25) is 10.0 Å². The maximum atomic E-state index is 12.8. The molecular weight excluding hydrogens is 412 g/mol. The lowest BCUT2D eigenvalue weighted by Crippen LogP contribution is -2.44. The van der Waals surface area contributed by atoms with Gasteiger partial charge < -0.3 is 10.1 Å². The van der Waals surface area contributed by atoms with Gasteiger partial charge in [0.15, 0.2) is 0 Å². The molecule has 0 spiro atoms. The molecule has 0 saturated carbocycles. The Labute approximate surface area is 184 Å². The topological polar surface area (TPSA) is 75.7 Å². The average molecular weight is 443 g/mol. The monoisotopic (exact) mass is 442 g/mol. The summed E-state index contributed by atoms with van der Waals surface area (Å²) in [6.45, 7) is 3.13. The van der Waals surface area contributed by atoms with Crippen LogP contribution in [0.5, 0.6) is 0 Å². The van der Waals surface area contributed by atoms with E-state index in [1.165, 1.54) is 5.56 Å². The molecule has 2 aromatic carbocycles. The van der Waals surface area contributed by atoms with Gasteiger partial charge >= 0.3 is 0 Å². The molecule has 2 fully saturated rings. The van der Waals surface area contributed by atoms with Crippen LogP contribution in [0.3, 0.4) is 0 Å². The highest BCUT2D eigenvalue weighted by Crippen LogP contribution is 2.34. The summed E-state index contributed by atoms with van der Waals surface area (Å²) in [6, 6.07) is 17.2. The molecule has 2 heterocycles. The minimum atomic E-state index is -3.29. The molecule has 0 bridgehead atoms. The number of carbonyl (C=O) groups is 1. The zero-order chi connectivity index (χ0) is 21.7. The lowest BCUT2D eigenvalue weighted by molar-refractivity contribution is 0.0487. The number of hydrogen-bond acceptors (Lipinski definition) is 4. The second-order valence-electron chi connectivity index (χ2n) is 8.50. The fourth-order valence-corrected chi connectivity index (χ4v) is 6.10. The van der Waals surface area contributed by atoms with Crippen molar-refractivity contribution in [2.75, 3.05) is 32.8 Å². The van der Waals surface area contributed by atoms with Crippen molar-refractivity contribution in [1.29, 1.82) is 0 Å². The van der Waals surface area contributed by atoms with E-state index in [0.717, 1.165) is 25.7 Å². The normalized spacial score (nSPS) is 19.2. The summed E-state index contributed by atoms with van der Waals surface area (Å²) in [5.41, 5.74) is 2.34. The van der Waals surface area contributed by atoms with Gasteiger partial charge in [0, 0.05) is 43.8 Å². The van der Waals surface area contributed by atoms with Gasteiger partial charge in [-0.05, 0) is 48.9 Å². The molecule has 2 aromatic rings. The third-order valence-electron chi connectivity index (χ3n) is 6.45. The summed E-state index contributed by atoms with van der Waals surface area (Å²) < 4.78 is 32.1. The number of sulfonamides is 1. The SMILES string of the molecule is O=C(NCC1(c2ccccc2)CCOCC1)c1ccc(CS(=O)(=O)N2CCCC2)cc1. The second-order valence-corrected chi connectivity index (χ2v) is 10.5. The van der Waals surface area contributed by atoms with Gasteiger partial charge in [0.1, 0.15) is 0 Å². The smallest absolute Gasteiger partial charge is 0.251 e. The number of carbonyl (C=O) groups excluding carboxylic acids is 1. The van der Waals surface area contributed by atoms with Gasteiger partial charge in [-0.15, -0.1) is 0 Å². The van der Waals surface area contributed by atoms with Gasteiger partial charge in [-0.3, -0.25) is 4.79 Å². The van der Waals surface area contributed by atoms with Crippen molar-refractivity contribution in [1.82, 2.24) is 9.62 Å². The minimum absolute atomic E-state index is 0.0218. The van der Waals surface area contributed by atoms with Gasteiger partial charge in [-0.1, -0.05) is 42.5 Å². The molecule has 4 rings (SSSR count).